The van der Waals surface area contributed by atoms with Gasteiger partial charge in [-0.05, 0) is 19.1 Å². The highest BCUT2D eigenvalue weighted by molar-refractivity contribution is 8.00. The number of hydrogen-bond donors (Lipinski definition) is 3. The number of carbonyl (C=O) groups excluding carboxylic acids is 1. The van der Waals surface area contributed by atoms with Gasteiger partial charge in [-0.2, -0.15) is 0 Å². The highest BCUT2D eigenvalue weighted by Crippen LogP contribution is 2.21. The Morgan fingerprint density at radius 3 is 2.41 bits per heavy atom. The molecule has 5 nitrogen and oxygen atoms in total. The lowest BCUT2D eigenvalue weighted by Gasteiger charge is -2.15. The van der Waals surface area contributed by atoms with Gasteiger partial charge >= 0.3 is 5.97 Å². The summed E-state index contributed by atoms with van der Waals surface area (Å²) in [5.41, 5.74) is 5.36. The third kappa shape index (κ3) is 4.46. The molecule has 0 radical (unpaired) electrons. The highest BCUT2D eigenvalue weighted by atomic mass is 32.2. The van der Waals surface area contributed by atoms with Crippen molar-refractivity contribution in [2.45, 2.75) is 23.2 Å². The molecule has 92 valence electrons. The van der Waals surface area contributed by atoms with E-state index in [9.17, 15) is 9.59 Å². The van der Waals surface area contributed by atoms with Crippen LogP contribution in [0.1, 0.15) is 6.92 Å². The van der Waals surface area contributed by atoms with Gasteiger partial charge in [0.2, 0.25) is 5.91 Å². The Morgan fingerprint density at radius 1 is 1.35 bits per heavy atom. The van der Waals surface area contributed by atoms with Crippen molar-refractivity contribution >= 4 is 23.6 Å². The van der Waals surface area contributed by atoms with E-state index >= 15 is 0 Å². The molecule has 6 heteroatoms. The number of nitrogens with one attached hydrogen (secondary N) is 1. The Labute approximate surface area is 103 Å². The summed E-state index contributed by atoms with van der Waals surface area (Å²) in [6.07, 6.45) is 0. The van der Waals surface area contributed by atoms with Crippen LogP contribution in [0.3, 0.4) is 0 Å². The van der Waals surface area contributed by atoms with E-state index in [0.29, 0.717) is 0 Å². The molecule has 0 aromatic heterocycles. The van der Waals surface area contributed by atoms with Gasteiger partial charge < -0.3 is 16.2 Å². The van der Waals surface area contributed by atoms with E-state index < -0.39 is 23.3 Å². The Bertz CT molecular complexity index is 395. The van der Waals surface area contributed by atoms with Crippen LogP contribution in [0.2, 0.25) is 0 Å². The van der Waals surface area contributed by atoms with Crippen LogP contribution in [-0.2, 0) is 9.59 Å². The molecule has 0 aliphatic heterocycles. The Morgan fingerprint density at radius 2 is 1.94 bits per heavy atom. The first-order chi connectivity index (χ1) is 8.00. The minimum Gasteiger partial charge on any atom is -0.479 e. The second-order valence-electron chi connectivity index (χ2n) is 3.45. The van der Waals surface area contributed by atoms with Crippen molar-refractivity contribution in [2.75, 3.05) is 0 Å². The van der Waals surface area contributed by atoms with Crippen LogP contribution in [0.5, 0.6) is 0 Å². The largest absolute Gasteiger partial charge is 0.479 e. The van der Waals surface area contributed by atoms with Gasteiger partial charge in [0.05, 0.1) is 6.04 Å². The van der Waals surface area contributed by atoms with Gasteiger partial charge in [-0.15, -0.1) is 0 Å². The van der Waals surface area contributed by atoms with Gasteiger partial charge in [-0.1, -0.05) is 30.0 Å². The molecule has 0 spiro atoms. The molecule has 0 fully saturated rings. The molecule has 1 rings (SSSR count). The first-order valence-electron chi connectivity index (χ1n) is 5.01. The fraction of sp³-hybridized carbons (Fsp3) is 0.273. The summed E-state index contributed by atoms with van der Waals surface area (Å²) in [6.45, 7) is 1.50. The fourth-order valence-electron chi connectivity index (χ4n) is 1.04. The van der Waals surface area contributed by atoms with E-state index in [1.54, 1.807) is 24.3 Å². The van der Waals surface area contributed by atoms with Crippen molar-refractivity contribution in [1.29, 1.82) is 0 Å². The van der Waals surface area contributed by atoms with Gasteiger partial charge in [0.25, 0.3) is 0 Å². The van der Waals surface area contributed by atoms with Crippen LogP contribution < -0.4 is 11.1 Å². The summed E-state index contributed by atoms with van der Waals surface area (Å²) in [6, 6.07) is 8.26. The number of benzene rings is 1. The number of aliphatic carboxylic acids is 1. The highest BCUT2D eigenvalue weighted by Gasteiger charge is 2.22. The minimum absolute atomic E-state index is 0.485. The number of amides is 1. The lowest BCUT2D eigenvalue weighted by atomic mass is 10.3. The van der Waals surface area contributed by atoms with Gasteiger partial charge in [0.1, 0.15) is 0 Å². The molecule has 1 amide bonds. The number of thioether (sulfide) groups is 1. The minimum atomic E-state index is -1.10. The van der Waals surface area contributed by atoms with Crippen molar-refractivity contribution in [3.8, 4) is 0 Å². The van der Waals surface area contributed by atoms with E-state index in [1.807, 2.05) is 6.07 Å². The van der Waals surface area contributed by atoms with E-state index in [-0.39, 0.29) is 0 Å². The fourth-order valence-corrected chi connectivity index (χ4v) is 1.90. The van der Waals surface area contributed by atoms with Gasteiger partial charge in [-0.25, -0.2) is 4.79 Å². The second-order valence-corrected chi connectivity index (χ2v) is 4.62. The van der Waals surface area contributed by atoms with Crippen LogP contribution in [0, 0.1) is 0 Å². The van der Waals surface area contributed by atoms with Crippen molar-refractivity contribution in [2.24, 2.45) is 5.73 Å². The average molecular weight is 254 g/mol. The zero-order valence-corrected chi connectivity index (χ0v) is 10.1. The maximum absolute atomic E-state index is 11.3. The first kappa shape index (κ1) is 13.5. The summed E-state index contributed by atoms with van der Waals surface area (Å²) in [5.74, 6) is -1.59. The Hall–Kier alpha value is -1.53. The first-order valence-corrected chi connectivity index (χ1v) is 5.89. The molecule has 0 heterocycles. The molecule has 0 unspecified atom stereocenters. The Balaban J connectivity index is 2.68. The predicted octanol–water partition coefficient (Wildman–Crippen LogP) is 0.653. The molecule has 0 saturated carbocycles. The number of carboxylic acids is 1. The summed E-state index contributed by atoms with van der Waals surface area (Å²) in [7, 11) is 0. The molecule has 0 aliphatic rings. The molecule has 0 aliphatic carbocycles. The van der Waals surface area contributed by atoms with Gasteiger partial charge in [0.15, 0.2) is 5.37 Å². The molecule has 17 heavy (non-hydrogen) atoms. The molecule has 0 bridgehead atoms. The van der Waals surface area contributed by atoms with Gasteiger partial charge in [-0.3, -0.25) is 4.79 Å². The lowest BCUT2D eigenvalue weighted by Crippen LogP contribution is -2.45. The molecule has 4 N–H and O–H groups in total. The number of hydrogen-bond acceptors (Lipinski definition) is 4. The number of carbonyl (C=O) groups is 2. The van der Waals surface area contributed by atoms with Crippen molar-refractivity contribution in [3.05, 3.63) is 30.3 Å². The summed E-state index contributed by atoms with van der Waals surface area (Å²) < 4.78 is 0. The monoisotopic (exact) mass is 254 g/mol. The third-order valence-corrected chi connectivity index (χ3v) is 3.01. The molecular formula is C11H14N2O3S. The summed E-state index contributed by atoms with van der Waals surface area (Å²) in [4.78, 5) is 23.1. The number of rotatable bonds is 5. The number of carboxylic acid groups (broad SMARTS) is 1. The quantitative estimate of drug-likeness (QED) is 0.530. The van der Waals surface area contributed by atoms with Crippen molar-refractivity contribution in [1.82, 2.24) is 5.32 Å². The second kappa shape index (κ2) is 6.27. The topological polar surface area (TPSA) is 92.4 Å². The van der Waals surface area contributed by atoms with Crippen LogP contribution >= 0.6 is 11.8 Å². The van der Waals surface area contributed by atoms with Crippen LogP contribution in [0.15, 0.2) is 35.2 Å². The maximum atomic E-state index is 11.3. The zero-order valence-electron chi connectivity index (χ0n) is 9.29. The van der Waals surface area contributed by atoms with Crippen molar-refractivity contribution in [3.63, 3.8) is 0 Å². The van der Waals surface area contributed by atoms with E-state index in [2.05, 4.69) is 5.32 Å². The number of nitrogens with two attached hydrogens (primary N) is 1. The lowest BCUT2D eigenvalue weighted by molar-refractivity contribution is -0.139. The van der Waals surface area contributed by atoms with Crippen LogP contribution in [0.4, 0.5) is 0 Å². The molecule has 1 aromatic rings. The normalized spacial score (nSPS) is 13.8. The van der Waals surface area contributed by atoms with Gasteiger partial charge in [0, 0.05) is 4.90 Å². The van der Waals surface area contributed by atoms with Crippen LogP contribution in [-0.4, -0.2) is 28.4 Å². The maximum Gasteiger partial charge on any atom is 0.337 e. The molecule has 0 saturated heterocycles. The molecule has 2 atom stereocenters. The summed E-state index contributed by atoms with van der Waals surface area (Å²) in [5, 5.41) is 10.3. The van der Waals surface area contributed by atoms with E-state index in [0.717, 1.165) is 16.7 Å². The standard InChI is InChI=1S/C11H14N2O3S/c1-7(12)9(14)13-10(11(15)16)17-8-5-3-2-4-6-8/h2-7,10H,12H2,1H3,(H,13,14)(H,15,16)/t7-,10+/m0/s1. The molecule has 1 aromatic carbocycles. The SMILES string of the molecule is C[C@H](N)C(=O)N[C@H](Sc1ccccc1)C(=O)O. The zero-order chi connectivity index (χ0) is 12.8. The Kier molecular flexibility index (Phi) is 4.99. The summed E-state index contributed by atoms with van der Waals surface area (Å²) >= 11 is 1.06. The van der Waals surface area contributed by atoms with E-state index in [1.165, 1.54) is 6.92 Å². The van der Waals surface area contributed by atoms with Crippen LogP contribution in [0.25, 0.3) is 0 Å². The molecular weight excluding hydrogens is 240 g/mol. The predicted molar refractivity (Wildman–Crippen MR) is 65.5 cm³/mol. The van der Waals surface area contributed by atoms with E-state index in [4.69, 9.17) is 10.8 Å². The smallest absolute Gasteiger partial charge is 0.337 e. The van der Waals surface area contributed by atoms with Crippen molar-refractivity contribution < 1.29 is 14.7 Å². The third-order valence-electron chi connectivity index (χ3n) is 1.91. The average Bonchev–Trinajstić information content (AvgIpc) is 2.29.